The molecule has 2 rings (SSSR count). The summed E-state index contributed by atoms with van der Waals surface area (Å²) in [6, 6.07) is 7.06. The van der Waals surface area contributed by atoms with Crippen molar-refractivity contribution in [3.63, 3.8) is 0 Å². The maximum atomic E-state index is 13.2. The van der Waals surface area contributed by atoms with Crippen molar-refractivity contribution in [1.82, 2.24) is 5.32 Å². The van der Waals surface area contributed by atoms with Crippen molar-refractivity contribution in [3.05, 3.63) is 34.1 Å². The maximum absolute atomic E-state index is 13.2. The summed E-state index contributed by atoms with van der Waals surface area (Å²) in [7, 11) is 0. The molecule has 96 valence electrons. The molecule has 0 aliphatic heterocycles. The molecule has 1 N–H and O–H groups in total. The molecule has 0 radical (unpaired) electrons. The Hall–Kier alpha value is -0.920. The molecule has 1 aliphatic rings. The van der Waals surface area contributed by atoms with Crippen LogP contribution in [0.5, 0.6) is 0 Å². The van der Waals surface area contributed by atoms with Crippen LogP contribution in [0.15, 0.2) is 22.7 Å². The smallest absolute Gasteiger partial charge is 0.137 e. The molecule has 2 nitrogen and oxygen atoms in total. The van der Waals surface area contributed by atoms with E-state index in [4.69, 9.17) is 0 Å². The number of nitriles is 1. The van der Waals surface area contributed by atoms with Gasteiger partial charge in [0.25, 0.3) is 0 Å². The quantitative estimate of drug-likeness (QED) is 0.913. The van der Waals surface area contributed by atoms with E-state index in [0.717, 1.165) is 18.4 Å². The molecule has 0 heterocycles. The van der Waals surface area contributed by atoms with Crippen molar-refractivity contribution in [2.75, 3.05) is 0 Å². The Bertz CT molecular complexity index is 450. The Kier molecular flexibility index (Phi) is 4.73. The van der Waals surface area contributed by atoms with E-state index in [0.29, 0.717) is 10.5 Å². The summed E-state index contributed by atoms with van der Waals surface area (Å²) < 4.78 is 13.6. The fourth-order valence-corrected chi connectivity index (χ4v) is 2.80. The Morgan fingerprint density at radius 1 is 1.33 bits per heavy atom. The third-order valence-electron chi connectivity index (χ3n) is 3.41. The van der Waals surface area contributed by atoms with Gasteiger partial charge in [-0.3, -0.25) is 5.32 Å². The number of hydrogen-bond acceptors (Lipinski definition) is 2. The minimum Gasteiger partial charge on any atom is -0.295 e. The Balaban J connectivity index is 2.07. The van der Waals surface area contributed by atoms with Crippen LogP contribution < -0.4 is 5.32 Å². The Morgan fingerprint density at radius 2 is 2.06 bits per heavy atom. The molecule has 1 atom stereocenters. The molecule has 1 saturated carbocycles. The van der Waals surface area contributed by atoms with Crippen molar-refractivity contribution in [2.45, 2.75) is 44.2 Å². The number of nitrogens with one attached hydrogen (secondary N) is 1. The molecule has 18 heavy (non-hydrogen) atoms. The molecular formula is C14H16BrFN2. The van der Waals surface area contributed by atoms with Crippen LogP contribution in [-0.4, -0.2) is 6.04 Å². The van der Waals surface area contributed by atoms with Crippen LogP contribution in [0.3, 0.4) is 0 Å². The van der Waals surface area contributed by atoms with Crippen molar-refractivity contribution in [2.24, 2.45) is 0 Å². The molecule has 1 fully saturated rings. The highest BCUT2D eigenvalue weighted by atomic mass is 79.9. The molecule has 0 saturated heterocycles. The molecule has 1 aliphatic carbocycles. The summed E-state index contributed by atoms with van der Waals surface area (Å²) in [5.41, 5.74) is 0.816. The van der Waals surface area contributed by atoms with Crippen LogP contribution >= 0.6 is 15.9 Å². The fourth-order valence-electron chi connectivity index (χ4n) is 2.40. The normalized spacial score (nSPS) is 18.3. The summed E-state index contributed by atoms with van der Waals surface area (Å²) in [5.74, 6) is -0.298. The van der Waals surface area contributed by atoms with Gasteiger partial charge in [0.15, 0.2) is 0 Å². The lowest BCUT2D eigenvalue weighted by molar-refractivity contribution is 0.359. The molecular weight excluding hydrogens is 295 g/mol. The fraction of sp³-hybridized carbons (Fsp3) is 0.500. The van der Waals surface area contributed by atoms with E-state index in [2.05, 4.69) is 27.3 Å². The number of rotatable bonds is 3. The van der Waals surface area contributed by atoms with Crippen molar-refractivity contribution in [1.29, 1.82) is 5.26 Å². The number of nitrogens with zero attached hydrogens (tertiary/aromatic N) is 1. The SMILES string of the molecule is N#CC(NC1CCCCC1)c1ccc(F)c(Br)c1. The zero-order valence-electron chi connectivity index (χ0n) is 10.1. The second kappa shape index (κ2) is 6.31. The molecule has 0 bridgehead atoms. The van der Waals surface area contributed by atoms with E-state index in [-0.39, 0.29) is 11.9 Å². The standard InChI is InChI=1S/C14H16BrFN2/c15-12-8-10(6-7-13(12)16)14(9-17)18-11-4-2-1-3-5-11/h6-8,11,14,18H,1-5H2. The van der Waals surface area contributed by atoms with E-state index in [1.165, 1.54) is 25.3 Å². The van der Waals surface area contributed by atoms with Crippen LogP contribution in [-0.2, 0) is 0 Å². The van der Waals surface area contributed by atoms with Crippen molar-refractivity contribution >= 4 is 15.9 Å². The lowest BCUT2D eigenvalue weighted by Crippen LogP contribution is -2.33. The van der Waals surface area contributed by atoms with Gasteiger partial charge >= 0.3 is 0 Å². The lowest BCUT2D eigenvalue weighted by atomic mass is 9.94. The predicted molar refractivity (Wildman–Crippen MR) is 72.5 cm³/mol. The van der Waals surface area contributed by atoms with E-state index >= 15 is 0 Å². The van der Waals surface area contributed by atoms with Gasteiger partial charge < -0.3 is 0 Å². The zero-order chi connectivity index (χ0) is 13.0. The van der Waals surface area contributed by atoms with E-state index in [1.54, 1.807) is 12.1 Å². The van der Waals surface area contributed by atoms with Crippen LogP contribution in [0, 0.1) is 17.1 Å². The molecule has 4 heteroatoms. The van der Waals surface area contributed by atoms with Gasteiger partial charge in [0.05, 0.1) is 10.5 Å². The van der Waals surface area contributed by atoms with Crippen molar-refractivity contribution in [3.8, 4) is 6.07 Å². The van der Waals surface area contributed by atoms with Gasteiger partial charge in [0.2, 0.25) is 0 Å². The Morgan fingerprint density at radius 3 is 2.67 bits per heavy atom. The van der Waals surface area contributed by atoms with E-state index < -0.39 is 0 Å². The van der Waals surface area contributed by atoms with Crippen LogP contribution in [0.1, 0.15) is 43.7 Å². The third-order valence-corrected chi connectivity index (χ3v) is 4.02. The van der Waals surface area contributed by atoms with Crippen LogP contribution in [0.2, 0.25) is 0 Å². The molecule has 0 aromatic heterocycles. The second-order valence-electron chi connectivity index (χ2n) is 4.74. The summed E-state index contributed by atoms with van der Waals surface area (Å²) in [6.07, 6.45) is 5.99. The largest absolute Gasteiger partial charge is 0.295 e. The first-order valence-corrected chi connectivity index (χ1v) is 7.10. The lowest BCUT2D eigenvalue weighted by Gasteiger charge is -2.25. The second-order valence-corrected chi connectivity index (χ2v) is 5.59. The minimum atomic E-state index is -0.356. The summed E-state index contributed by atoms with van der Waals surface area (Å²) in [6.45, 7) is 0. The van der Waals surface area contributed by atoms with Gasteiger partial charge in [-0.25, -0.2) is 4.39 Å². The molecule has 1 aromatic rings. The molecule has 1 unspecified atom stereocenters. The number of benzene rings is 1. The third kappa shape index (κ3) is 3.30. The highest BCUT2D eigenvalue weighted by Gasteiger charge is 2.19. The zero-order valence-corrected chi connectivity index (χ0v) is 11.7. The number of halogens is 2. The van der Waals surface area contributed by atoms with Gasteiger partial charge in [-0.1, -0.05) is 25.3 Å². The first kappa shape index (κ1) is 13.5. The molecule has 1 aromatic carbocycles. The summed E-state index contributed by atoms with van der Waals surface area (Å²) in [4.78, 5) is 0. The molecule has 0 spiro atoms. The van der Waals surface area contributed by atoms with Gasteiger partial charge in [0, 0.05) is 6.04 Å². The first-order valence-electron chi connectivity index (χ1n) is 6.31. The average Bonchev–Trinajstić information content (AvgIpc) is 2.40. The highest BCUT2D eigenvalue weighted by molar-refractivity contribution is 9.10. The first-order chi connectivity index (χ1) is 8.70. The monoisotopic (exact) mass is 310 g/mol. The average molecular weight is 311 g/mol. The summed E-state index contributed by atoms with van der Waals surface area (Å²) in [5, 5.41) is 12.6. The van der Waals surface area contributed by atoms with Gasteiger partial charge in [-0.15, -0.1) is 0 Å². The minimum absolute atomic E-state index is 0.298. The van der Waals surface area contributed by atoms with Crippen LogP contribution in [0.4, 0.5) is 4.39 Å². The Labute approximate surface area is 115 Å². The van der Waals surface area contributed by atoms with E-state index in [9.17, 15) is 9.65 Å². The van der Waals surface area contributed by atoms with Gasteiger partial charge in [0.1, 0.15) is 11.9 Å². The van der Waals surface area contributed by atoms with Gasteiger partial charge in [-0.2, -0.15) is 5.26 Å². The predicted octanol–water partition coefficient (Wildman–Crippen LogP) is 4.08. The molecule has 0 amide bonds. The highest BCUT2D eigenvalue weighted by Crippen LogP contribution is 2.24. The summed E-state index contributed by atoms with van der Waals surface area (Å²) >= 11 is 3.16. The van der Waals surface area contributed by atoms with Gasteiger partial charge in [-0.05, 0) is 46.5 Å². The van der Waals surface area contributed by atoms with E-state index in [1.807, 2.05) is 0 Å². The number of hydrogen-bond donors (Lipinski definition) is 1. The topological polar surface area (TPSA) is 35.8 Å². The van der Waals surface area contributed by atoms with Crippen molar-refractivity contribution < 1.29 is 4.39 Å². The van der Waals surface area contributed by atoms with Crippen LogP contribution in [0.25, 0.3) is 0 Å². The maximum Gasteiger partial charge on any atom is 0.137 e.